The number of aryl methyl sites for hydroxylation is 3. The van der Waals surface area contributed by atoms with Crippen LogP contribution in [0.1, 0.15) is 36.0 Å². The Morgan fingerprint density at radius 1 is 1.27 bits per heavy atom. The molecule has 0 saturated heterocycles. The van der Waals surface area contributed by atoms with Gasteiger partial charge in [-0.05, 0) is 46.8 Å². The van der Waals surface area contributed by atoms with Crippen molar-refractivity contribution >= 4 is 32.7 Å². The summed E-state index contributed by atoms with van der Waals surface area (Å²) >= 11 is 3.44. The Labute approximate surface area is 161 Å². The van der Waals surface area contributed by atoms with E-state index in [-0.39, 0.29) is 18.3 Å². The first kappa shape index (κ1) is 18.6. The van der Waals surface area contributed by atoms with Crippen molar-refractivity contribution in [3.8, 4) is 5.88 Å². The van der Waals surface area contributed by atoms with Crippen LogP contribution in [0, 0.1) is 13.8 Å². The number of hydrogen-bond donors (Lipinski definition) is 0. The molecule has 0 bridgehead atoms. The molecule has 0 fully saturated rings. The second-order valence-electron chi connectivity index (χ2n) is 6.73. The number of ether oxygens (including phenoxy) is 1. The maximum Gasteiger partial charge on any atom is 0.215 e. The Morgan fingerprint density at radius 2 is 1.96 bits per heavy atom. The fourth-order valence-corrected chi connectivity index (χ4v) is 3.71. The standard InChI is InChI=1S/C20H22BrN3O2/c1-12-5-7-15(8-6-12)13(2)9-16(25)11-26-17-10-14(3)18-19(21)23-24(4)20(18)22-17/h5-8,10,13H,9,11H2,1-4H3/t13-/m1/s1. The van der Waals surface area contributed by atoms with Gasteiger partial charge in [-0.25, -0.2) is 4.68 Å². The molecule has 0 N–H and O–H groups in total. The summed E-state index contributed by atoms with van der Waals surface area (Å²) in [6, 6.07) is 10.1. The molecule has 0 spiro atoms. The Kier molecular flexibility index (Phi) is 5.41. The lowest BCUT2D eigenvalue weighted by molar-refractivity contribution is -0.121. The van der Waals surface area contributed by atoms with Gasteiger partial charge < -0.3 is 4.74 Å². The number of carbonyl (C=O) groups is 1. The maximum absolute atomic E-state index is 12.3. The van der Waals surface area contributed by atoms with E-state index in [1.165, 1.54) is 11.1 Å². The van der Waals surface area contributed by atoms with Gasteiger partial charge in [-0.2, -0.15) is 10.1 Å². The summed E-state index contributed by atoms with van der Waals surface area (Å²) in [7, 11) is 1.83. The third kappa shape index (κ3) is 3.96. The highest BCUT2D eigenvalue weighted by molar-refractivity contribution is 9.10. The number of hydrogen-bond acceptors (Lipinski definition) is 4. The highest BCUT2D eigenvalue weighted by atomic mass is 79.9. The van der Waals surface area contributed by atoms with E-state index in [2.05, 4.69) is 64.1 Å². The molecular weight excluding hydrogens is 394 g/mol. The third-order valence-corrected chi connectivity index (χ3v) is 5.04. The average molecular weight is 416 g/mol. The van der Waals surface area contributed by atoms with Crippen molar-refractivity contribution in [2.45, 2.75) is 33.1 Å². The zero-order chi connectivity index (χ0) is 18.8. The van der Waals surface area contributed by atoms with Gasteiger partial charge in [-0.3, -0.25) is 4.79 Å². The first-order valence-corrected chi connectivity index (χ1v) is 9.35. The lowest BCUT2D eigenvalue weighted by Gasteiger charge is -2.12. The summed E-state index contributed by atoms with van der Waals surface area (Å²) in [6.07, 6.45) is 0.446. The van der Waals surface area contributed by atoms with Crippen molar-refractivity contribution in [3.05, 3.63) is 51.6 Å². The van der Waals surface area contributed by atoms with Crippen LogP contribution in [0.4, 0.5) is 0 Å². The van der Waals surface area contributed by atoms with Crippen molar-refractivity contribution in [2.75, 3.05) is 6.61 Å². The van der Waals surface area contributed by atoms with E-state index < -0.39 is 0 Å². The van der Waals surface area contributed by atoms with Gasteiger partial charge in [0.25, 0.3) is 0 Å². The van der Waals surface area contributed by atoms with Crippen LogP contribution in [0.15, 0.2) is 34.9 Å². The Hall–Kier alpha value is -2.21. The van der Waals surface area contributed by atoms with Crippen molar-refractivity contribution in [3.63, 3.8) is 0 Å². The highest BCUT2D eigenvalue weighted by Gasteiger charge is 2.15. The lowest BCUT2D eigenvalue weighted by Crippen LogP contribution is -2.14. The topological polar surface area (TPSA) is 57.0 Å². The number of fused-ring (bicyclic) bond motifs is 1. The van der Waals surface area contributed by atoms with Gasteiger partial charge in [-0.15, -0.1) is 0 Å². The summed E-state index contributed by atoms with van der Waals surface area (Å²) in [4.78, 5) is 16.8. The molecule has 6 heteroatoms. The normalized spacial score (nSPS) is 12.3. The molecule has 0 amide bonds. The fraction of sp³-hybridized carbons (Fsp3) is 0.350. The van der Waals surface area contributed by atoms with E-state index in [9.17, 15) is 4.79 Å². The van der Waals surface area contributed by atoms with Gasteiger partial charge in [-0.1, -0.05) is 36.8 Å². The molecule has 0 aliphatic heterocycles. The van der Waals surface area contributed by atoms with Crippen LogP contribution < -0.4 is 4.74 Å². The Morgan fingerprint density at radius 3 is 2.65 bits per heavy atom. The van der Waals surface area contributed by atoms with Gasteiger partial charge in [0.1, 0.15) is 11.2 Å². The molecule has 2 heterocycles. The smallest absolute Gasteiger partial charge is 0.215 e. The van der Waals surface area contributed by atoms with E-state index in [0.29, 0.717) is 12.3 Å². The van der Waals surface area contributed by atoms with Crippen LogP contribution in [-0.2, 0) is 11.8 Å². The lowest BCUT2D eigenvalue weighted by atomic mass is 9.95. The van der Waals surface area contributed by atoms with Crippen molar-refractivity contribution < 1.29 is 9.53 Å². The van der Waals surface area contributed by atoms with Crippen LogP contribution in [0.25, 0.3) is 11.0 Å². The molecule has 26 heavy (non-hydrogen) atoms. The highest BCUT2D eigenvalue weighted by Crippen LogP contribution is 2.27. The summed E-state index contributed by atoms with van der Waals surface area (Å²) in [6.45, 7) is 6.11. The summed E-state index contributed by atoms with van der Waals surface area (Å²) in [5.41, 5.74) is 4.12. The SMILES string of the molecule is Cc1ccc([C@H](C)CC(=O)COc2cc(C)c3c(Br)nn(C)c3n2)cc1. The fourth-order valence-electron chi connectivity index (χ4n) is 2.99. The molecular formula is C20H22BrN3O2. The Bertz CT molecular complexity index is 948. The number of benzene rings is 1. The third-order valence-electron chi connectivity index (χ3n) is 4.49. The number of carbonyl (C=O) groups excluding carboxylic acids is 1. The molecule has 0 aliphatic carbocycles. The van der Waals surface area contributed by atoms with Crippen LogP contribution in [0.2, 0.25) is 0 Å². The molecule has 1 aromatic carbocycles. The van der Waals surface area contributed by atoms with Gasteiger partial charge in [0.2, 0.25) is 5.88 Å². The molecule has 2 aromatic heterocycles. The van der Waals surface area contributed by atoms with E-state index in [4.69, 9.17) is 4.74 Å². The number of nitrogens with zero attached hydrogens (tertiary/aromatic N) is 3. The van der Waals surface area contributed by atoms with Crippen molar-refractivity contribution in [1.82, 2.24) is 14.8 Å². The summed E-state index contributed by atoms with van der Waals surface area (Å²) in [5.74, 6) is 0.669. The quantitative estimate of drug-likeness (QED) is 0.594. The first-order valence-electron chi connectivity index (χ1n) is 8.56. The molecule has 0 saturated carbocycles. The minimum atomic E-state index is 0.0210. The van der Waals surface area contributed by atoms with Crippen LogP contribution >= 0.6 is 15.9 Å². The van der Waals surface area contributed by atoms with Gasteiger partial charge in [0, 0.05) is 19.5 Å². The molecule has 3 aromatic rings. The summed E-state index contributed by atoms with van der Waals surface area (Å²) in [5, 5.41) is 5.27. The molecule has 0 aliphatic rings. The minimum absolute atomic E-state index is 0.0210. The zero-order valence-electron chi connectivity index (χ0n) is 15.4. The van der Waals surface area contributed by atoms with Crippen LogP contribution in [-0.4, -0.2) is 27.2 Å². The molecule has 0 unspecified atom stereocenters. The zero-order valence-corrected chi connectivity index (χ0v) is 17.0. The minimum Gasteiger partial charge on any atom is -0.470 e. The predicted molar refractivity (Wildman–Crippen MR) is 106 cm³/mol. The van der Waals surface area contributed by atoms with E-state index >= 15 is 0 Å². The van der Waals surface area contributed by atoms with Crippen LogP contribution in [0.3, 0.4) is 0 Å². The predicted octanol–water partition coefficient (Wildman–Crippen LogP) is 4.49. The maximum atomic E-state index is 12.3. The molecule has 5 nitrogen and oxygen atoms in total. The van der Waals surface area contributed by atoms with Gasteiger partial charge >= 0.3 is 0 Å². The monoisotopic (exact) mass is 415 g/mol. The largest absolute Gasteiger partial charge is 0.470 e. The number of rotatable bonds is 6. The molecule has 1 atom stereocenters. The number of halogens is 1. The van der Waals surface area contributed by atoms with Crippen LogP contribution in [0.5, 0.6) is 5.88 Å². The number of pyridine rings is 1. The number of aromatic nitrogens is 3. The van der Waals surface area contributed by atoms with Crippen molar-refractivity contribution in [1.29, 1.82) is 0 Å². The molecule has 0 radical (unpaired) electrons. The number of Topliss-reactive ketones (excluding diaryl/α,β-unsaturated/α-hetero) is 1. The van der Waals surface area contributed by atoms with Crippen molar-refractivity contribution in [2.24, 2.45) is 7.05 Å². The van der Waals surface area contributed by atoms with E-state index in [1.54, 1.807) is 4.68 Å². The van der Waals surface area contributed by atoms with Gasteiger partial charge in [0.15, 0.2) is 11.4 Å². The average Bonchev–Trinajstić information content (AvgIpc) is 2.88. The van der Waals surface area contributed by atoms with Gasteiger partial charge in [0.05, 0.1) is 5.39 Å². The van der Waals surface area contributed by atoms with E-state index in [1.807, 2.05) is 20.0 Å². The second kappa shape index (κ2) is 7.58. The summed E-state index contributed by atoms with van der Waals surface area (Å²) < 4.78 is 8.11. The molecule has 3 rings (SSSR count). The second-order valence-corrected chi connectivity index (χ2v) is 7.48. The first-order chi connectivity index (χ1) is 12.3. The Balaban J connectivity index is 1.65. The van der Waals surface area contributed by atoms with E-state index in [0.717, 1.165) is 21.2 Å². The molecule has 136 valence electrons. The number of ketones is 1.